The van der Waals surface area contributed by atoms with Crippen LogP contribution in [0.1, 0.15) is 23.1 Å². The van der Waals surface area contributed by atoms with E-state index in [1.807, 2.05) is 19.9 Å². The Hall–Kier alpha value is -2.25. The highest BCUT2D eigenvalue weighted by atomic mass is 32.2. The first kappa shape index (κ1) is 18.1. The molecule has 0 radical (unpaired) electrons. The molecule has 1 aromatic carbocycles. The van der Waals surface area contributed by atoms with Gasteiger partial charge in [-0.05, 0) is 48.7 Å². The topological polar surface area (TPSA) is 88.2 Å². The highest BCUT2D eigenvalue weighted by Crippen LogP contribution is 2.14. The number of amides is 1. The number of nitrogens with one attached hydrogen (secondary N) is 2. The summed E-state index contributed by atoms with van der Waals surface area (Å²) in [5.41, 5.74) is 2.83. The summed E-state index contributed by atoms with van der Waals surface area (Å²) in [5, 5.41) is 2.73. The van der Waals surface area contributed by atoms with Gasteiger partial charge in [-0.3, -0.25) is 9.78 Å². The van der Waals surface area contributed by atoms with Crippen molar-refractivity contribution in [1.82, 2.24) is 15.0 Å². The standard InChI is InChI=1S/C17H21N3O3S/c1-13-5-6-16(10-14(13)2)24(22,23)20-9-7-17(21)19-12-15-4-3-8-18-11-15/h3-6,8,10-11,20H,7,9,12H2,1-2H3,(H,19,21). The van der Waals surface area contributed by atoms with Gasteiger partial charge in [0, 0.05) is 31.9 Å². The Labute approximate surface area is 142 Å². The molecule has 0 saturated heterocycles. The summed E-state index contributed by atoms with van der Waals surface area (Å²) in [6.45, 7) is 4.21. The monoisotopic (exact) mass is 347 g/mol. The molecule has 0 aliphatic heterocycles. The molecule has 1 amide bonds. The Morgan fingerprint density at radius 2 is 1.96 bits per heavy atom. The maximum atomic E-state index is 12.2. The van der Waals surface area contributed by atoms with Crippen LogP contribution in [0.3, 0.4) is 0 Å². The summed E-state index contributed by atoms with van der Waals surface area (Å²) in [4.78, 5) is 15.9. The van der Waals surface area contributed by atoms with Crippen LogP contribution >= 0.6 is 0 Å². The predicted molar refractivity (Wildman–Crippen MR) is 91.8 cm³/mol. The molecule has 0 spiro atoms. The summed E-state index contributed by atoms with van der Waals surface area (Å²) in [5.74, 6) is -0.221. The van der Waals surface area contributed by atoms with Crippen molar-refractivity contribution in [3.8, 4) is 0 Å². The van der Waals surface area contributed by atoms with Gasteiger partial charge in [0.1, 0.15) is 0 Å². The first-order chi connectivity index (χ1) is 11.4. The first-order valence-electron chi connectivity index (χ1n) is 7.61. The Bertz CT molecular complexity index is 805. The molecule has 0 atom stereocenters. The zero-order chi connectivity index (χ0) is 17.6. The number of aromatic nitrogens is 1. The van der Waals surface area contributed by atoms with Gasteiger partial charge in [-0.1, -0.05) is 12.1 Å². The molecule has 0 fully saturated rings. The third kappa shape index (κ3) is 5.14. The summed E-state index contributed by atoms with van der Waals surface area (Å²) in [7, 11) is -3.60. The lowest BCUT2D eigenvalue weighted by Crippen LogP contribution is -2.30. The SMILES string of the molecule is Cc1ccc(S(=O)(=O)NCCC(=O)NCc2cccnc2)cc1C. The molecule has 0 bridgehead atoms. The van der Waals surface area contributed by atoms with E-state index in [0.29, 0.717) is 6.54 Å². The van der Waals surface area contributed by atoms with E-state index in [9.17, 15) is 13.2 Å². The van der Waals surface area contributed by atoms with Crippen LogP contribution < -0.4 is 10.0 Å². The minimum Gasteiger partial charge on any atom is -0.352 e. The molecule has 7 heteroatoms. The Balaban J connectivity index is 1.82. The summed E-state index contributed by atoms with van der Waals surface area (Å²) >= 11 is 0. The van der Waals surface area contributed by atoms with E-state index in [0.717, 1.165) is 16.7 Å². The van der Waals surface area contributed by atoms with Gasteiger partial charge >= 0.3 is 0 Å². The molecule has 128 valence electrons. The molecule has 0 aliphatic carbocycles. The van der Waals surface area contributed by atoms with E-state index < -0.39 is 10.0 Å². The first-order valence-corrected chi connectivity index (χ1v) is 9.09. The lowest BCUT2D eigenvalue weighted by atomic mass is 10.1. The lowest BCUT2D eigenvalue weighted by molar-refractivity contribution is -0.121. The van der Waals surface area contributed by atoms with Crippen molar-refractivity contribution >= 4 is 15.9 Å². The largest absolute Gasteiger partial charge is 0.352 e. The van der Waals surface area contributed by atoms with Crippen molar-refractivity contribution in [2.24, 2.45) is 0 Å². The van der Waals surface area contributed by atoms with Gasteiger partial charge in [-0.2, -0.15) is 0 Å². The fraction of sp³-hybridized carbons (Fsp3) is 0.294. The third-order valence-corrected chi connectivity index (χ3v) is 5.10. The van der Waals surface area contributed by atoms with Crippen molar-refractivity contribution in [3.63, 3.8) is 0 Å². The number of carbonyl (C=O) groups is 1. The number of hydrogen-bond acceptors (Lipinski definition) is 4. The van der Waals surface area contributed by atoms with E-state index in [1.165, 1.54) is 0 Å². The quantitative estimate of drug-likeness (QED) is 0.798. The van der Waals surface area contributed by atoms with Gasteiger partial charge < -0.3 is 5.32 Å². The average Bonchev–Trinajstić information content (AvgIpc) is 2.56. The second-order valence-electron chi connectivity index (χ2n) is 5.53. The van der Waals surface area contributed by atoms with Crippen molar-refractivity contribution in [2.45, 2.75) is 31.7 Å². The van der Waals surface area contributed by atoms with Crippen LogP contribution in [-0.2, 0) is 21.4 Å². The molecule has 2 aromatic rings. The maximum absolute atomic E-state index is 12.2. The van der Waals surface area contributed by atoms with E-state index in [1.54, 1.807) is 36.7 Å². The van der Waals surface area contributed by atoms with Crippen LogP contribution in [-0.4, -0.2) is 25.9 Å². The molecule has 0 unspecified atom stereocenters. The summed E-state index contributed by atoms with van der Waals surface area (Å²) in [6.07, 6.45) is 3.40. The summed E-state index contributed by atoms with van der Waals surface area (Å²) < 4.78 is 26.9. The van der Waals surface area contributed by atoms with Gasteiger partial charge in [-0.25, -0.2) is 13.1 Å². The van der Waals surface area contributed by atoms with Crippen LogP contribution in [0.25, 0.3) is 0 Å². The van der Waals surface area contributed by atoms with Gasteiger partial charge in [0.2, 0.25) is 15.9 Å². The lowest BCUT2D eigenvalue weighted by Gasteiger charge is -2.09. The Kier molecular flexibility index (Phi) is 6.05. The van der Waals surface area contributed by atoms with Crippen LogP contribution in [0.5, 0.6) is 0 Å². The van der Waals surface area contributed by atoms with Crippen LogP contribution in [0.4, 0.5) is 0 Å². The second-order valence-corrected chi connectivity index (χ2v) is 7.30. The average molecular weight is 347 g/mol. The molecule has 0 saturated carbocycles. The predicted octanol–water partition coefficient (Wildman–Crippen LogP) is 1.68. The fourth-order valence-corrected chi connectivity index (χ4v) is 3.17. The number of sulfonamides is 1. The minimum absolute atomic E-state index is 0.0497. The van der Waals surface area contributed by atoms with Crippen LogP contribution in [0.15, 0.2) is 47.6 Å². The van der Waals surface area contributed by atoms with Crippen molar-refractivity contribution in [2.75, 3.05) is 6.54 Å². The zero-order valence-electron chi connectivity index (χ0n) is 13.7. The molecule has 2 rings (SSSR count). The Morgan fingerprint density at radius 1 is 1.17 bits per heavy atom. The molecule has 2 N–H and O–H groups in total. The molecular weight excluding hydrogens is 326 g/mol. The number of hydrogen-bond donors (Lipinski definition) is 2. The van der Waals surface area contributed by atoms with Gasteiger partial charge in [0.05, 0.1) is 4.90 Å². The molecule has 1 heterocycles. The normalized spacial score (nSPS) is 11.2. The third-order valence-electron chi connectivity index (χ3n) is 3.65. The Morgan fingerprint density at radius 3 is 2.62 bits per heavy atom. The molecule has 6 nitrogen and oxygen atoms in total. The number of benzene rings is 1. The molecular formula is C17H21N3O3S. The van der Waals surface area contributed by atoms with E-state index in [4.69, 9.17) is 0 Å². The molecule has 1 aromatic heterocycles. The van der Waals surface area contributed by atoms with Crippen LogP contribution in [0, 0.1) is 13.8 Å². The van der Waals surface area contributed by atoms with Crippen molar-refractivity contribution < 1.29 is 13.2 Å². The van der Waals surface area contributed by atoms with Crippen molar-refractivity contribution in [3.05, 3.63) is 59.4 Å². The highest BCUT2D eigenvalue weighted by Gasteiger charge is 2.14. The number of carbonyl (C=O) groups excluding carboxylic acids is 1. The smallest absolute Gasteiger partial charge is 0.240 e. The van der Waals surface area contributed by atoms with Gasteiger partial charge in [-0.15, -0.1) is 0 Å². The van der Waals surface area contributed by atoms with Crippen LogP contribution in [0.2, 0.25) is 0 Å². The zero-order valence-corrected chi connectivity index (χ0v) is 14.6. The van der Waals surface area contributed by atoms with E-state index in [-0.39, 0.29) is 23.8 Å². The minimum atomic E-state index is -3.60. The molecule has 0 aliphatic rings. The number of pyridine rings is 1. The number of rotatable bonds is 7. The van der Waals surface area contributed by atoms with Crippen molar-refractivity contribution in [1.29, 1.82) is 0 Å². The van der Waals surface area contributed by atoms with Gasteiger partial charge in [0.15, 0.2) is 0 Å². The summed E-state index contributed by atoms with van der Waals surface area (Å²) in [6, 6.07) is 8.60. The maximum Gasteiger partial charge on any atom is 0.240 e. The fourth-order valence-electron chi connectivity index (χ4n) is 2.06. The van der Waals surface area contributed by atoms with E-state index in [2.05, 4.69) is 15.0 Å². The van der Waals surface area contributed by atoms with Gasteiger partial charge in [0.25, 0.3) is 0 Å². The van der Waals surface area contributed by atoms with E-state index >= 15 is 0 Å². The number of aryl methyl sites for hydroxylation is 2. The molecule has 24 heavy (non-hydrogen) atoms. The number of nitrogens with zero attached hydrogens (tertiary/aromatic N) is 1. The highest BCUT2D eigenvalue weighted by molar-refractivity contribution is 7.89. The second kappa shape index (κ2) is 8.03.